The van der Waals surface area contributed by atoms with Gasteiger partial charge in [-0.15, -0.1) is 0 Å². The zero-order chi connectivity index (χ0) is 17.2. The van der Waals surface area contributed by atoms with Gasteiger partial charge in [0.05, 0.1) is 0 Å². The molecule has 0 aliphatic heterocycles. The molecular formula is C20H34N2. The predicted octanol–water partition coefficient (Wildman–Crippen LogP) is 5.66. The van der Waals surface area contributed by atoms with E-state index in [2.05, 4.69) is 83.6 Å². The lowest BCUT2D eigenvalue weighted by molar-refractivity contribution is 0.419. The quantitative estimate of drug-likeness (QED) is 0.454. The second kappa shape index (κ2) is 10.2. The Hall–Kier alpha value is -1.57. The molecular weight excluding hydrogens is 268 g/mol. The minimum Gasteiger partial charge on any atom is -0.360 e. The molecule has 0 aromatic rings. The van der Waals surface area contributed by atoms with Crippen LogP contribution in [0.15, 0.2) is 53.3 Å². The van der Waals surface area contributed by atoms with Crippen LogP contribution in [0, 0.1) is 11.3 Å². The largest absolute Gasteiger partial charge is 0.360 e. The highest BCUT2D eigenvalue weighted by atomic mass is 14.9. The van der Waals surface area contributed by atoms with E-state index in [1.54, 1.807) is 0 Å². The van der Waals surface area contributed by atoms with Crippen molar-refractivity contribution in [2.45, 2.75) is 60.9 Å². The summed E-state index contributed by atoms with van der Waals surface area (Å²) in [6.45, 7) is 19.0. The molecule has 0 bridgehead atoms. The zero-order valence-corrected chi connectivity index (χ0v) is 15.5. The monoisotopic (exact) mass is 302 g/mol. The first-order valence-electron chi connectivity index (χ1n) is 8.12. The highest BCUT2D eigenvalue weighted by Gasteiger charge is 2.07. The zero-order valence-electron chi connectivity index (χ0n) is 15.5. The summed E-state index contributed by atoms with van der Waals surface area (Å²) < 4.78 is 0. The van der Waals surface area contributed by atoms with Gasteiger partial charge in [-0.2, -0.15) is 0 Å². The van der Waals surface area contributed by atoms with Gasteiger partial charge in [0.25, 0.3) is 0 Å². The molecule has 0 rings (SSSR count). The van der Waals surface area contributed by atoms with Gasteiger partial charge in [-0.05, 0) is 50.7 Å². The normalized spacial score (nSPS) is 15.8. The Morgan fingerprint density at radius 2 is 1.86 bits per heavy atom. The summed E-state index contributed by atoms with van der Waals surface area (Å²) in [5.41, 5.74) is 2.52. The third-order valence-electron chi connectivity index (χ3n) is 2.91. The molecule has 2 nitrogen and oxygen atoms in total. The van der Waals surface area contributed by atoms with Gasteiger partial charge >= 0.3 is 0 Å². The number of hydrogen-bond donors (Lipinski definition) is 1. The number of nitrogens with zero attached hydrogens (tertiary/aromatic N) is 1. The van der Waals surface area contributed by atoms with E-state index in [0.717, 1.165) is 12.1 Å². The summed E-state index contributed by atoms with van der Waals surface area (Å²) in [5, 5.41) is 3.42. The van der Waals surface area contributed by atoms with E-state index in [1.165, 1.54) is 5.70 Å². The van der Waals surface area contributed by atoms with Crippen LogP contribution in [0.25, 0.3) is 0 Å². The van der Waals surface area contributed by atoms with Crippen LogP contribution in [0.5, 0.6) is 0 Å². The fourth-order valence-corrected chi connectivity index (χ4v) is 1.68. The average Bonchev–Trinajstić information content (AvgIpc) is 2.39. The summed E-state index contributed by atoms with van der Waals surface area (Å²) in [6, 6.07) is 0.344. The molecule has 22 heavy (non-hydrogen) atoms. The molecule has 2 heteroatoms. The van der Waals surface area contributed by atoms with Crippen LogP contribution >= 0.6 is 0 Å². The fraction of sp³-hybridized carbons (Fsp3) is 0.550. The third-order valence-corrected chi connectivity index (χ3v) is 2.91. The van der Waals surface area contributed by atoms with Crippen LogP contribution in [0.1, 0.15) is 54.9 Å². The van der Waals surface area contributed by atoms with Gasteiger partial charge in [-0.25, -0.2) is 0 Å². The molecule has 0 spiro atoms. The minimum atomic E-state index is 0.312. The Balaban J connectivity index is 4.65. The van der Waals surface area contributed by atoms with E-state index >= 15 is 0 Å². The lowest BCUT2D eigenvalue weighted by Crippen LogP contribution is -2.11. The van der Waals surface area contributed by atoms with E-state index < -0.39 is 0 Å². The number of hydrogen-bond acceptors (Lipinski definition) is 2. The van der Waals surface area contributed by atoms with E-state index in [0.29, 0.717) is 17.4 Å². The van der Waals surface area contributed by atoms with Gasteiger partial charge < -0.3 is 5.32 Å². The lowest BCUT2D eigenvalue weighted by atomic mass is 9.92. The Kier molecular flexibility index (Phi) is 9.48. The average molecular weight is 303 g/mol. The van der Waals surface area contributed by atoms with Crippen molar-refractivity contribution in [2.75, 3.05) is 0 Å². The fourth-order valence-electron chi connectivity index (χ4n) is 1.68. The third kappa shape index (κ3) is 12.2. The Bertz CT molecular complexity index is 443. The maximum atomic E-state index is 4.31. The van der Waals surface area contributed by atoms with E-state index in [9.17, 15) is 0 Å². The Morgan fingerprint density at radius 3 is 2.36 bits per heavy atom. The summed E-state index contributed by atoms with van der Waals surface area (Å²) in [5.74, 6) is 0.328. The maximum Gasteiger partial charge on any atom is 0.0443 e. The minimum absolute atomic E-state index is 0.312. The van der Waals surface area contributed by atoms with Gasteiger partial charge in [0.15, 0.2) is 0 Å². The second-order valence-corrected chi connectivity index (χ2v) is 7.24. The van der Waals surface area contributed by atoms with Crippen LogP contribution in [0.2, 0.25) is 0 Å². The van der Waals surface area contributed by atoms with Crippen LogP contribution in [0.4, 0.5) is 0 Å². The second-order valence-electron chi connectivity index (χ2n) is 7.24. The molecule has 0 heterocycles. The van der Waals surface area contributed by atoms with Gasteiger partial charge in [0.2, 0.25) is 0 Å². The van der Waals surface area contributed by atoms with Gasteiger partial charge in [0.1, 0.15) is 0 Å². The summed E-state index contributed by atoms with van der Waals surface area (Å²) in [4.78, 5) is 4.31. The van der Waals surface area contributed by atoms with Crippen molar-refractivity contribution >= 4 is 6.21 Å². The Morgan fingerprint density at radius 1 is 1.23 bits per heavy atom. The van der Waals surface area contributed by atoms with E-state index in [-0.39, 0.29) is 0 Å². The molecule has 0 aromatic carbocycles. The first-order valence-corrected chi connectivity index (χ1v) is 8.12. The highest BCUT2D eigenvalue weighted by molar-refractivity contribution is 5.71. The molecule has 0 fully saturated rings. The molecule has 0 aliphatic carbocycles. The first-order chi connectivity index (χ1) is 10.1. The van der Waals surface area contributed by atoms with Crippen molar-refractivity contribution < 1.29 is 0 Å². The first kappa shape index (κ1) is 20.4. The molecule has 1 unspecified atom stereocenters. The van der Waals surface area contributed by atoms with Crippen LogP contribution in [-0.2, 0) is 0 Å². The molecule has 1 atom stereocenters. The number of rotatable bonds is 8. The molecule has 0 radical (unpaired) electrons. The molecule has 0 saturated heterocycles. The van der Waals surface area contributed by atoms with E-state index in [1.807, 2.05) is 18.4 Å². The van der Waals surface area contributed by atoms with E-state index in [4.69, 9.17) is 0 Å². The number of nitrogens with one attached hydrogen (secondary N) is 1. The smallest absolute Gasteiger partial charge is 0.0443 e. The van der Waals surface area contributed by atoms with Crippen molar-refractivity contribution in [1.82, 2.24) is 5.32 Å². The lowest BCUT2D eigenvalue weighted by Gasteiger charge is -2.16. The van der Waals surface area contributed by atoms with Crippen LogP contribution < -0.4 is 5.32 Å². The van der Waals surface area contributed by atoms with Gasteiger partial charge in [-0.3, -0.25) is 4.99 Å². The van der Waals surface area contributed by atoms with Crippen molar-refractivity contribution in [3.8, 4) is 0 Å². The molecule has 0 aromatic heterocycles. The summed E-state index contributed by atoms with van der Waals surface area (Å²) in [6.07, 6.45) is 13.3. The molecule has 0 saturated carbocycles. The van der Waals surface area contributed by atoms with Crippen molar-refractivity contribution in [2.24, 2.45) is 16.3 Å². The topological polar surface area (TPSA) is 24.4 Å². The summed E-state index contributed by atoms with van der Waals surface area (Å²) in [7, 11) is 0. The maximum absolute atomic E-state index is 4.31. The Labute approximate surface area is 137 Å². The highest BCUT2D eigenvalue weighted by Crippen LogP contribution is 2.19. The van der Waals surface area contributed by atoms with Crippen LogP contribution in [-0.4, -0.2) is 12.3 Å². The van der Waals surface area contributed by atoms with Crippen molar-refractivity contribution in [3.05, 3.63) is 48.4 Å². The molecule has 0 amide bonds. The van der Waals surface area contributed by atoms with Crippen molar-refractivity contribution in [3.63, 3.8) is 0 Å². The SMILES string of the molecule is C=C/C(=C\C(C)/C=C\C=N/C(C)C)N/C(C)=C\CC(C)(C)C. The van der Waals surface area contributed by atoms with Crippen molar-refractivity contribution in [1.29, 1.82) is 0 Å². The standard InChI is InChI=1S/C20H34N2/c1-9-19(22-18(5)12-13-20(6,7)8)15-17(4)11-10-14-21-16(2)3/h9-12,14-17,22H,1,13H2,2-8H3/b11-10-,18-12-,19-15+,21-14-. The summed E-state index contributed by atoms with van der Waals surface area (Å²) >= 11 is 0. The van der Waals surface area contributed by atoms with Gasteiger partial charge in [-0.1, -0.05) is 52.5 Å². The number of allylic oxidation sites excluding steroid dienone is 6. The molecule has 1 N–H and O–H groups in total. The number of aliphatic imine (C=N–C) groups is 1. The molecule has 0 aliphatic rings. The van der Waals surface area contributed by atoms with Gasteiger partial charge in [0, 0.05) is 23.7 Å². The van der Waals surface area contributed by atoms with Crippen LogP contribution in [0.3, 0.4) is 0 Å². The predicted molar refractivity (Wildman–Crippen MR) is 101 cm³/mol. The molecule has 124 valence electrons.